The second-order valence-corrected chi connectivity index (χ2v) is 13.2. The normalized spacial score (nSPS) is 12.5. The molecule has 0 aliphatic carbocycles. The van der Waals surface area contributed by atoms with E-state index < -0.39 is 31.2 Å². The lowest BCUT2D eigenvalue weighted by atomic mass is 9.87. The molecule has 0 spiro atoms. The summed E-state index contributed by atoms with van der Waals surface area (Å²) in [5.74, 6) is -0.956. The fraction of sp³-hybridized carbons (Fsp3) is 0.250. The van der Waals surface area contributed by atoms with Crippen molar-refractivity contribution in [3.05, 3.63) is 88.1 Å². The summed E-state index contributed by atoms with van der Waals surface area (Å²) < 4.78 is 49.9. The molecule has 0 aliphatic heterocycles. The minimum absolute atomic E-state index is 0.0702. The van der Waals surface area contributed by atoms with Gasteiger partial charge in [0.05, 0.1) is 10.6 Å². The van der Waals surface area contributed by atoms with E-state index in [1.807, 2.05) is 20.8 Å². The standard InChI is InChI=1S/C24H24ClNO5S2/c1-24(2,3)18-6-9-20(10-7-18)33(30,31)15-17-5-8-19(25)14-21(17)23(27)16-11-12-26-22(13-16)32(4,28)29/h5-14H,15H2,1-4H3. The van der Waals surface area contributed by atoms with Crippen molar-refractivity contribution in [1.29, 1.82) is 0 Å². The predicted octanol–water partition coefficient (Wildman–Crippen LogP) is 4.64. The van der Waals surface area contributed by atoms with Gasteiger partial charge in [-0.05, 0) is 52.9 Å². The first-order valence-corrected chi connectivity index (χ1v) is 13.9. The molecule has 0 atom stereocenters. The van der Waals surface area contributed by atoms with Gasteiger partial charge >= 0.3 is 0 Å². The molecule has 0 unspecified atom stereocenters. The number of hydrogen-bond acceptors (Lipinski definition) is 6. The van der Waals surface area contributed by atoms with E-state index in [0.717, 1.165) is 11.8 Å². The Balaban J connectivity index is 2.00. The van der Waals surface area contributed by atoms with Gasteiger partial charge < -0.3 is 0 Å². The van der Waals surface area contributed by atoms with Crippen LogP contribution >= 0.6 is 11.6 Å². The average molecular weight is 506 g/mol. The molecule has 33 heavy (non-hydrogen) atoms. The van der Waals surface area contributed by atoms with Crippen LogP contribution < -0.4 is 0 Å². The summed E-state index contributed by atoms with van der Waals surface area (Å²) in [6.07, 6.45) is 2.22. The Morgan fingerprint density at radius 2 is 1.58 bits per heavy atom. The zero-order chi connectivity index (χ0) is 24.6. The SMILES string of the molecule is CC(C)(C)c1ccc(S(=O)(=O)Cc2ccc(Cl)cc2C(=O)c2ccnc(S(C)(=O)=O)c2)cc1. The molecule has 9 heteroatoms. The first kappa shape index (κ1) is 25.1. The third-order valence-corrected chi connectivity index (χ3v) is 8.02. The van der Waals surface area contributed by atoms with Crippen LogP contribution in [0.25, 0.3) is 0 Å². The molecule has 0 saturated carbocycles. The van der Waals surface area contributed by atoms with Crippen LogP contribution in [0, 0.1) is 0 Å². The van der Waals surface area contributed by atoms with Crippen molar-refractivity contribution >= 4 is 37.1 Å². The van der Waals surface area contributed by atoms with Crippen LogP contribution in [0.15, 0.2) is 70.7 Å². The smallest absolute Gasteiger partial charge is 0.193 e. The largest absolute Gasteiger partial charge is 0.289 e. The summed E-state index contributed by atoms with van der Waals surface area (Å²) in [6.45, 7) is 6.11. The molecule has 0 amide bonds. The molecule has 6 nitrogen and oxygen atoms in total. The van der Waals surface area contributed by atoms with Gasteiger partial charge in [0.2, 0.25) is 0 Å². The van der Waals surface area contributed by atoms with Crippen molar-refractivity contribution in [1.82, 2.24) is 4.98 Å². The number of ketones is 1. The number of carbonyl (C=O) groups is 1. The van der Waals surface area contributed by atoms with E-state index in [4.69, 9.17) is 11.6 Å². The van der Waals surface area contributed by atoms with Crippen LogP contribution in [-0.4, -0.2) is 33.9 Å². The predicted molar refractivity (Wildman–Crippen MR) is 128 cm³/mol. The van der Waals surface area contributed by atoms with E-state index >= 15 is 0 Å². The maximum Gasteiger partial charge on any atom is 0.193 e. The Labute approximate surface area is 199 Å². The summed E-state index contributed by atoms with van der Waals surface area (Å²) in [4.78, 5) is 17.1. The fourth-order valence-corrected chi connectivity index (χ4v) is 5.39. The summed E-state index contributed by atoms with van der Waals surface area (Å²) in [7, 11) is -7.39. The third-order valence-electron chi connectivity index (χ3n) is 5.12. The van der Waals surface area contributed by atoms with E-state index in [9.17, 15) is 21.6 Å². The minimum atomic E-state index is -3.76. The summed E-state index contributed by atoms with van der Waals surface area (Å²) in [6, 6.07) is 13.6. The van der Waals surface area contributed by atoms with Crippen LogP contribution in [0.1, 0.15) is 47.8 Å². The molecule has 1 heterocycles. The molecule has 0 fully saturated rings. The Kier molecular flexibility index (Phi) is 6.84. The van der Waals surface area contributed by atoms with E-state index in [1.54, 1.807) is 24.3 Å². The van der Waals surface area contributed by atoms with Gasteiger partial charge in [0.1, 0.15) is 0 Å². The van der Waals surface area contributed by atoms with Crippen LogP contribution in [0.5, 0.6) is 0 Å². The molecule has 0 radical (unpaired) electrons. The van der Waals surface area contributed by atoms with Gasteiger partial charge in [-0.3, -0.25) is 4.79 Å². The molecule has 2 aromatic carbocycles. The van der Waals surface area contributed by atoms with Crippen LogP contribution in [0.3, 0.4) is 0 Å². The zero-order valence-electron chi connectivity index (χ0n) is 18.7. The second kappa shape index (κ2) is 9.00. The monoisotopic (exact) mass is 505 g/mol. The topological polar surface area (TPSA) is 98.2 Å². The van der Waals surface area contributed by atoms with Crippen LogP contribution in [-0.2, 0) is 30.8 Å². The number of hydrogen-bond donors (Lipinski definition) is 0. The van der Waals surface area contributed by atoms with Crippen molar-refractivity contribution in [2.24, 2.45) is 0 Å². The van der Waals surface area contributed by atoms with Crippen LogP contribution in [0.2, 0.25) is 5.02 Å². The molecule has 0 bridgehead atoms. The third kappa shape index (κ3) is 5.88. The maximum absolute atomic E-state index is 13.2. The molecule has 3 aromatic rings. The maximum atomic E-state index is 13.2. The first-order valence-electron chi connectivity index (χ1n) is 10.0. The Morgan fingerprint density at radius 3 is 2.15 bits per heavy atom. The molecule has 174 valence electrons. The Hall–Kier alpha value is -2.55. The Morgan fingerprint density at radius 1 is 0.939 bits per heavy atom. The minimum Gasteiger partial charge on any atom is -0.289 e. The van der Waals surface area contributed by atoms with E-state index in [0.29, 0.717) is 0 Å². The van der Waals surface area contributed by atoms with Crippen molar-refractivity contribution in [3.63, 3.8) is 0 Å². The lowest BCUT2D eigenvalue weighted by Crippen LogP contribution is -2.13. The van der Waals surface area contributed by atoms with Crippen molar-refractivity contribution < 1.29 is 21.6 Å². The van der Waals surface area contributed by atoms with Crippen LogP contribution in [0.4, 0.5) is 0 Å². The van der Waals surface area contributed by atoms with Crippen molar-refractivity contribution in [3.8, 4) is 0 Å². The average Bonchev–Trinajstić information content (AvgIpc) is 2.73. The number of halogens is 1. The summed E-state index contributed by atoms with van der Waals surface area (Å²) >= 11 is 6.09. The van der Waals surface area contributed by atoms with Gasteiger partial charge in [-0.25, -0.2) is 21.8 Å². The highest BCUT2D eigenvalue weighted by Gasteiger charge is 2.23. The number of pyridine rings is 1. The molecular weight excluding hydrogens is 482 g/mol. The quantitative estimate of drug-likeness (QED) is 0.452. The summed E-state index contributed by atoms with van der Waals surface area (Å²) in [5, 5.41) is 0.00917. The number of carbonyl (C=O) groups excluding carboxylic acids is 1. The van der Waals surface area contributed by atoms with E-state index in [2.05, 4.69) is 4.98 Å². The summed E-state index contributed by atoms with van der Waals surface area (Å²) in [5.41, 5.74) is 1.31. The fourth-order valence-electron chi connectivity index (χ4n) is 3.25. The van der Waals surface area contributed by atoms with Gasteiger partial charge in [0.25, 0.3) is 0 Å². The number of nitrogens with zero attached hydrogens (tertiary/aromatic N) is 1. The highest BCUT2D eigenvalue weighted by Crippen LogP contribution is 2.27. The second-order valence-electron chi connectivity index (χ2n) is 8.82. The molecule has 0 N–H and O–H groups in total. The first-order chi connectivity index (χ1) is 15.2. The lowest BCUT2D eigenvalue weighted by molar-refractivity contribution is 0.103. The molecule has 3 rings (SSSR count). The molecule has 0 saturated heterocycles. The number of aromatic nitrogens is 1. The van der Waals surface area contributed by atoms with Gasteiger partial charge in [0.15, 0.2) is 30.5 Å². The zero-order valence-corrected chi connectivity index (χ0v) is 21.1. The Bertz CT molecular complexity index is 1420. The lowest BCUT2D eigenvalue weighted by Gasteiger charge is -2.19. The van der Waals surface area contributed by atoms with E-state index in [-0.39, 0.29) is 37.0 Å². The number of rotatable bonds is 6. The van der Waals surface area contributed by atoms with Gasteiger partial charge in [-0.1, -0.05) is 50.6 Å². The number of sulfone groups is 2. The highest BCUT2D eigenvalue weighted by atomic mass is 35.5. The number of benzene rings is 2. The molecule has 0 aliphatic rings. The van der Waals surface area contributed by atoms with Gasteiger partial charge in [-0.2, -0.15) is 0 Å². The van der Waals surface area contributed by atoms with Gasteiger partial charge in [-0.15, -0.1) is 0 Å². The molecule has 1 aromatic heterocycles. The highest BCUT2D eigenvalue weighted by molar-refractivity contribution is 7.91. The molecular formula is C24H24ClNO5S2. The van der Waals surface area contributed by atoms with Crippen molar-refractivity contribution in [2.45, 2.75) is 41.9 Å². The van der Waals surface area contributed by atoms with E-state index in [1.165, 1.54) is 36.5 Å². The van der Waals surface area contributed by atoms with Gasteiger partial charge in [0, 0.05) is 28.6 Å². The van der Waals surface area contributed by atoms with Crippen molar-refractivity contribution in [2.75, 3.05) is 6.26 Å².